The number of benzene rings is 1. The zero-order chi connectivity index (χ0) is 17.1. The summed E-state index contributed by atoms with van der Waals surface area (Å²) >= 11 is 0. The summed E-state index contributed by atoms with van der Waals surface area (Å²) in [7, 11) is 1.54. The Morgan fingerprint density at radius 3 is 2.54 bits per heavy atom. The maximum absolute atomic E-state index is 11.3. The van der Waals surface area contributed by atoms with E-state index in [2.05, 4.69) is 10.1 Å². The molecule has 0 radical (unpaired) electrons. The molecule has 1 N–H and O–H groups in total. The van der Waals surface area contributed by atoms with Crippen LogP contribution in [0.2, 0.25) is 0 Å². The van der Waals surface area contributed by atoms with Crippen LogP contribution in [0.25, 0.3) is 5.69 Å². The van der Waals surface area contributed by atoms with E-state index in [0.29, 0.717) is 16.3 Å². The van der Waals surface area contributed by atoms with Crippen LogP contribution in [0.5, 0.6) is 5.75 Å². The molecule has 1 aliphatic rings. The number of nitrogens with zero attached hydrogens (tertiary/aromatic N) is 5. The molecular formula is C15H19N5O4. The summed E-state index contributed by atoms with van der Waals surface area (Å²) in [5.41, 5.74) is 0.342. The molecule has 0 atom stereocenters. The van der Waals surface area contributed by atoms with Gasteiger partial charge in [0.1, 0.15) is 11.4 Å². The maximum atomic E-state index is 11.3. The van der Waals surface area contributed by atoms with Gasteiger partial charge >= 0.3 is 5.82 Å². The first kappa shape index (κ1) is 16.0. The summed E-state index contributed by atoms with van der Waals surface area (Å²) in [4.78, 5) is 16.7. The quantitative estimate of drug-likeness (QED) is 0.523. The predicted molar refractivity (Wildman–Crippen MR) is 84.4 cm³/mol. The van der Waals surface area contributed by atoms with E-state index >= 15 is 0 Å². The summed E-state index contributed by atoms with van der Waals surface area (Å²) in [5, 5.41) is 25.5. The minimum Gasteiger partial charge on any atom is -0.497 e. The Morgan fingerprint density at radius 2 is 1.96 bits per heavy atom. The Balaban J connectivity index is 2.06. The number of aromatic nitrogens is 3. The summed E-state index contributed by atoms with van der Waals surface area (Å²) in [5.74, 6) is 0.177. The molecule has 0 unspecified atom stereocenters. The summed E-state index contributed by atoms with van der Waals surface area (Å²) in [6.45, 7) is 0. The SMILES string of the molecule is COc1ccc(-n2nc([N+](=O)[O-])c(=NC3CCCCC3)n2O)cc1. The van der Waals surface area contributed by atoms with E-state index in [4.69, 9.17) is 4.74 Å². The molecule has 3 rings (SSSR count). The Labute approximate surface area is 137 Å². The Hall–Kier alpha value is -2.84. The van der Waals surface area contributed by atoms with Crippen LogP contribution in [0.15, 0.2) is 29.3 Å². The van der Waals surface area contributed by atoms with Crippen LogP contribution in [0.1, 0.15) is 32.1 Å². The molecule has 0 saturated heterocycles. The third-order valence-electron chi connectivity index (χ3n) is 4.11. The van der Waals surface area contributed by atoms with Gasteiger partial charge in [0.15, 0.2) is 0 Å². The van der Waals surface area contributed by atoms with Crippen LogP contribution >= 0.6 is 0 Å². The topological polar surface area (TPSA) is 108 Å². The molecule has 9 heteroatoms. The zero-order valence-corrected chi connectivity index (χ0v) is 13.3. The normalized spacial score (nSPS) is 16.3. The lowest BCUT2D eigenvalue weighted by atomic mass is 9.96. The van der Waals surface area contributed by atoms with Crippen molar-refractivity contribution in [2.75, 3.05) is 7.11 Å². The maximum Gasteiger partial charge on any atom is 0.438 e. The first-order valence-electron chi connectivity index (χ1n) is 7.84. The monoisotopic (exact) mass is 333 g/mol. The molecule has 9 nitrogen and oxygen atoms in total. The van der Waals surface area contributed by atoms with Crippen molar-refractivity contribution >= 4 is 5.82 Å². The lowest BCUT2D eigenvalue weighted by Gasteiger charge is -2.16. The van der Waals surface area contributed by atoms with Crippen molar-refractivity contribution in [1.82, 2.24) is 14.7 Å². The summed E-state index contributed by atoms with van der Waals surface area (Å²) in [6, 6.07) is 6.63. The van der Waals surface area contributed by atoms with Crippen molar-refractivity contribution in [1.29, 1.82) is 0 Å². The van der Waals surface area contributed by atoms with Crippen molar-refractivity contribution in [3.05, 3.63) is 39.9 Å². The van der Waals surface area contributed by atoms with E-state index in [9.17, 15) is 15.3 Å². The molecule has 0 amide bonds. The lowest BCUT2D eigenvalue weighted by molar-refractivity contribution is -0.391. The summed E-state index contributed by atoms with van der Waals surface area (Å²) in [6.07, 6.45) is 4.97. The van der Waals surface area contributed by atoms with E-state index < -0.39 is 10.7 Å². The second-order valence-electron chi connectivity index (χ2n) is 5.70. The van der Waals surface area contributed by atoms with E-state index in [1.807, 2.05) is 0 Å². The standard InChI is InChI=1S/C15H19N5O4/c1-24-13-9-7-12(8-10-13)18-17-15(20(22)23)14(19(18)21)16-11-5-3-2-4-6-11/h7-11,21H,2-6H2,1H3. The molecule has 0 aliphatic heterocycles. The molecule has 2 aromatic rings. The average Bonchev–Trinajstić information content (AvgIpc) is 2.93. The average molecular weight is 333 g/mol. The van der Waals surface area contributed by atoms with Gasteiger partial charge in [0.25, 0.3) is 5.49 Å². The van der Waals surface area contributed by atoms with Gasteiger partial charge in [-0.2, -0.15) is 0 Å². The molecule has 0 spiro atoms. The van der Waals surface area contributed by atoms with Crippen molar-refractivity contribution < 1.29 is 14.9 Å². The van der Waals surface area contributed by atoms with Gasteiger partial charge in [0.2, 0.25) is 0 Å². The molecule has 24 heavy (non-hydrogen) atoms. The van der Waals surface area contributed by atoms with Crippen LogP contribution in [-0.2, 0) is 0 Å². The smallest absolute Gasteiger partial charge is 0.438 e. The van der Waals surface area contributed by atoms with Gasteiger partial charge in [-0.15, -0.1) is 0 Å². The number of nitro groups is 1. The van der Waals surface area contributed by atoms with Crippen molar-refractivity contribution in [3.8, 4) is 11.4 Å². The second kappa shape index (κ2) is 6.73. The highest BCUT2D eigenvalue weighted by atomic mass is 16.6. The Kier molecular flexibility index (Phi) is 4.50. The molecule has 1 aromatic heterocycles. The fraction of sp³-hybridized carbons (Fsp3) is 0.467. The Morgan fingerprint density at radius 1 is 1.29 bits per heavy atom. The number of hydrogen-bond acceptors (Lipinski definition) is 6. The fourth-order valence-electron chi connectivity index (χ4n) is 2.85. The molecule has 1 fully saturated rings. The zero-order valence-electron chi connectivity index (χ0n) is 13.3. The van der Waals surface area contributed by atoms with Gasteiger partial charge in [-0.05, 0) is 46.8 Å². The van der Waals surface area contributed by atoms with Crippen LogP contribution in [0.3, 0.4) is 0 Å². The molecule has 1 aliphatic carbocycles. The van der Waals surface area contributed by atoms with Gasteiger partial charge in [0.05, 0.1) is 18.3 Å². The number of methoxy groups -OCH3 is 1. The number of ether oxygens (including phenoxy) is 1. The Bertz CT molecular complexity index is 787. The molecule has 1 saturated carbocycles. The van der Waals surface area contributed by atoms with E-state index in [-0.39, 0.29) is 11.5 Å². The highest BCUT2D eigenvalue weighted by Crippen LogP contribution is 2.20. The van der Waals surface area contributed by atoms with Gasteiger partial charge in [-0.1, -0.05) is 24.1 Å². The van der Waals surface area contributed by atoms with Gasteiger partial charge < -0.3 is 20.1 Å². The van der Waals surface area contributed by atoms with Crippen LogP contribution < -0.4 is 10.2 Å². The van der Waals surface area contributed by atoms with Crippen LogP contribution in [0.4, 0.5) is 5.82 Å². The molecule has 1 aromatic carbocycles. The molecule has 0 bridgehead atoms. The van der Waals surface area contributed by atoms with Crippen molar-refractivity contribution in [2.24, 2.45) is 4.99 Å². The van der Waals surface area contributed by atoms with Crippen LogP contribution in [-0.4, -0.2) is 38.0 Å². The second-order valence-corrected chi connectivity index (χ2v) is 5.70. The summed E-state index contributed by atoms with van der Waals surface area (Å²) < 4.78 is 5.08. The largest absolute Gasteiger partial charge is 0.497 e. The van der Waals surface area contributed by atoms with E-state index in [0.717, 1.165) is 36.9 Å². The van der Waals surface area contributed by atoms with E-state index in [1.54, 1.807) is 31.4 Å². The van der Waals surface area contributed by atoms with Crippen LogP contribution in [0, 0.1) is 10.1 Å². The predicted octanol–water partition coefficient (Wildman–Crippen LogP) is 2.06. The van der Waals surface area contributed by atoms with Gasteiger partial charge in [-0.25, -0.2) is 0 Å². The number of rotatable bonds is 4. The van der Waals surface area contributed by atoms with E-state index in [1.165, 1.54) is 0 Å². The first-order chi connectivity index (χ1) is 11.6. The molecule has 1 heterocycles. The third-order valence-corrected chi connectivity index (χ3v) is 4.11. The van der Waals surface area contributed by atoms with Gasteiger partial charge in [0, 0.05) is 0 Å². The lowest BCUT2D eigenvalue weighted by Crippen LogP contribution is -2.25. The van der Waals surface area contributed by atoms with Crippen molar-refractivity contribution in [3.63, 3.8) is 0 Å². The highest BCUT2D eigenvalue weighted by Gasteiger charge is 2.25. The van der Waals surface area contributed by atoms with Crippen molar-refractivity contribution in [2.45, 2.75) is 38.1 Å². The van der Waals surface area contributed by atoms with Gasteiger partial charge in [-0.3, -0.25) is 4.99 Å². The third kappa shape index (κ3) is 3.10. The molecule has 128 valence electrons. The number of hydrogen-bond donors (Lipinski definition) is 1. The molecular weight excluding hydrogens is 314 g/mol. The fourth-order valence-corrected chi connectivity index (χ4v) is 2.85. The highest BCUT2D eigenvalue weighted by molar-refractivity contribution is 5.36. The minimum absolute atomic E-state index is 0.0237. The minimum atomic E-state index is -0.631. The first-order valence-corrected chi connectivity index (χ1v) is 7.84.